The summed E-state index contributed by atoms with van der Waals surface area (Å²) in [5.41, 5.74) is 2.53. The van der Waals surface area contributed by atoms with Crippen molar-refractivity contribution in [3.8, 4) is 0 Å². The summed E-state index contributed by atoms with van der Waals surface area (Å²) in [5.74, 6) is 0. The molecule has 0 bridgehead atoms. The Bertz CT molecular complexity index is 359. The summed E-state index contributed by atoms with van der Waals surface area (Å²) < 4.78 is 0. The lowest BCUT2D eigenvalue weighted by Crippen LogP contribution is -2.36. The third-order valence-electron chi connectivity index (χ3n) is 3.64. The van der Waals surface area contributed by atoms with E-state index in [-0.39, 0.29) is 6.61 Å². The van der Waals surface area contributed by atoms with Gasteiger partial charge in [0.1, 0.15) is 0 Å². The molecule has 0 spiro atoms. The number of nitrogens with zero attached hydrogens (tertiary/aromatic N) is 1. The normalized spacial score (nSPS) is 17.9. The summed E-state index contributed by atoms with van der Waals surface area (Å²) in [4.78, 5) is 2.38. The Hall–Kier alpha value is -1.06. The number of aliphatic hydroxyl groups is 1. The van der Waals surface area contributed by atoms with E-state index in [0.717, 1.165) is 12.8 Å². The molecule has 2 rings (SSSR count). The molecule has 0 unspecified atom stereocenters. The first-order chi connectivity index (χ1) is 8.78. The molecule has 1 aromatic rings. The SMILES string of the molecule is CN1CCC(Nc2cccc(CCCO)c2)CC1. The fourth-order valence-electron chi connectivity index (χ4n) is 2.49. The van der Waals surface area contributed by atoms with Crippen LogP contribution < -0.4 is 5.32 Å². The van der Waals surface area contributed by atoms with E-state index in [0.29, 0.717) is 6.04 Å². The molecule has 1 aliphatic rings. The van der Waals surface area contributed by atoms with Crippen LogP contribution in [-0.2, 0) is 6.42 Å². The molecule has 3 heteroatoms. The predicted molar refractivity (Wildman–Crippen MR) is 76.0 cm³/mol. The summed E-state index contributed by atoms with van der Waals surface area (Å²) in [5, 5.41) is 12.5. The smallest absolute Gasteiger partial charge is 0.0434 e. The highest BCUT2D eigenvalue weighted by molar-refractivity contribution is 5.46. The standard InChI is InChI=1S/C15H24N2O/c1-17-9-7-14(8-10-17)16-15-6-2-4-13(12-15)5-3-11-18/h2,4,6,12,14,16,18H,3,5,7-11H2,1H3. The molecule has 0 aliphatic carbocycles. The largest absolute Gasteiger partial charge is 0.396 e. The quantitative estimate of drug-likeness (QED) is 0.838. The number of hydrogen-bond donors (Lipinski definition) is 2. The van der Waals surface area contributed by atoms with Crippen molar-refractivity contribution >= 4 is 5.69 Å². The summed E-state index contributed by atoms with van der Waals surface area (Å²) in [6, 6.07) is 9.20. The minimum atomic E-state index is 0.270. The van der Waals surface area contributed by atoms with Gasteiger partial charge in [-0.1, -0.05) is 12.1 Å². The average molecular weight is 248 g/mol. The van der Waals surface area contributed by atoms with Crippen molar-refractivity contribution in [1.82, 2.24) is 4.90 Å². The molecular formula is C15H24N2O. The number of rotatable bonds is 5. The highest BCUT2D eigenvalue weighted by atomic mass is 16.2. The van der Waals surface area contributed by atoms with Crippen LogP contribution >= 0.6 is 0 Å². The van der Waals surface area contributed by atoms with E-state index in [1.165, 1.54) is 37.2 Å². The number of anilines is 1. The van der Waals surface area contributed by atoms with Crippen molar-refractivity contribution in [3.05, 3.63) is 29.8 Å². The first-order valence-electron chi connectivity index (χ1n) is 6.93. The van der Waals surface area contributed by atoms with Crippen molar-refractivity contribution in [2.24, 2.45) is 0 Å². The molecule has 1 fully saturated rings. The van der Waals surface area contributed by atoms with Crippen molar-refractivity contribution in [3.63, 3.8) is 0 Å². The van der Waals surface area contributed by atoms with Gasteiger partial charge in [0, 0.05) is 18.3 Å². The van der Waals surface area contributed by atoms with Crippen molar-refractivity contribution in [1.29, 1.82) is 0 Å². The Morgan fingerprint density at radius 3 is 2.83 bits per heavy atom. The third-order valence-corrected chi connectivity index (χ3v) is 3.64. The lowest BCUT2D eigenvalue weighted by atomic mass is 10.0. The van der Waals surface area contributed by atoms with E-state index in [1.807, 2.05) is 0 Å². The maximum absolute atomic E-state index is 8.86. The van der Waals surface area contributed by atoms with Gasteiger partial charge in [-0.15, -0.1) is 0 Å². The summed E-state index contributed by atoms with van der Waals surface area (Å²) in [7, 11) is 2.19. The Kier molecular flexibility index (Phi) is 5.02. The van der Waals surface area contributed by atoms with Gasteiger partial charge in [-0.05, 0) is 63.5 Å². The molecule has 0 aromatic heterocycles. The zero-order chi connectivity index (χ0) is 12.8. The second kappa shape index (κ2) is 6.76. The molecular weight excluding hydrogens is 224 g/mol. The van der Waals surface area contributed by atoms with Gasteiger partial charge in [0.15, 0.2) is 0 Å². The molecule has 1 heterocycles. The Labute approximate surface area is 110 Å². The monoisotopic (exact) mass is 248 g/mol. The zero-order valence-corrected chi connectivity index (χ0v) is 11.2. The molecule has 2 N–H and O–H groups in total. The fourth-order valence-corrected chi connectivity index (χ4v) is 2.49. The van der Waals surface area contributed by atoms with E-state index < -0.39 is 0 Å². The van der Waals surface area contributed by atoms with Gasteiger partial charge in [0.2, 0.25) is 0 Å². The van der Waals surface area contributed by atoms with Crippen molar-refractivity contribution in [2.45, 2.75) is 31.7 Å². The van der Waals surface area contributed by atoms with Gasteiger partial charge in [-0.25, -0.2) is 0 Å². The van der Waals surface area contributed by atoms with Crippen LogP contribution in [0.4, 0.5) is 5.69 Å². The molecule has 1 aromatic carbocycles. The van der Waals surface area contributed by atoms with Crippen LogP contribution in [0, 0.1) is 0 Å². The van der Waals surface area contributed by atoms with Crippen LogP contribution in [0.15, 0.2) is 24.3 Å². The van der Waals surface area contributed by atoms with E-state index in [1.54, 1.807) is 0 Å². The highest BCUT2D eigenvalue weighted by Gasteiger charge is 2.16. The van der Waals surface area contributed by atoms with E-state index in [4.69, 9.17) is 5.11 Å². The van der Waals surface area contributed by atoms with Crippen molar-refractivity contribution < 1.29 is 5.11 Å². The number of aryl methyl sites for hydroxylation is 1. The van der Waals surface area contributed by atoms with Gasteiger partial charge in [0.05, 0.1) is 0 Å². The van der Waals surface area contributed by atoms with Crippen LogP contribution in [0.5, 0.6) is 0 Å². The molecule has 0 amide bonds. The molecule has 100 valence electrons. The molecule has 3 nitrogen and oxygen atoms in total. The number of piperidine rings is 1. The first-order valence-corrected chi connectivity index (χ1v) is 6.93. The van der Waals surface area contributed by atoms with Gasteiger partial charge in [0.25, 0.3) is 0 Å². The van der Waals surface area contributed by atoms with Crippen LogP contribution in [-0.4, -0.2) is 42.8 Å². The zero-order valence-electron chi connectivity index (χ0n) is 11.2. The Balaban J connectivity index is 1.88. The van der Waals surface area contributed by atoms with E-state index in [2.05, 4.69) is 41.5 Å². The molecule has 1 saturated heterocycles. The molecule has 0 atom stereocenters. The number of benzene rings is 1. The number of aliphatic hydroxyl groups excluding tert-OH is 1. The highest BCUT2D eigenvalue weighted by Crippen LogP contribution is 2.17. The van der Waals surface area contributed by atoms with Crippen LogP contribution in [0.25, 0.3) is 0 Å². The maximum Gasteiger partial charge on any atom is 0.0434 e. The summed E-state index contributed by atoms with van der Waals surface area (Å²) in [6.07, 6.45) is 4.24. The second-order valence-corrected chi connectivity index (χ2v) is 5.25. The van der Waals surface area contributed by atoms with E-state index >= 15 is 0 Å². The number of hydrogen-bond acceptors (Lipinski definition) is 3. The molecule has 1 aliphatic heterocycles. The molecule has 18 heavy (non-hydrogen) atoms. The van der Waals surface area contributed by atoms with Gasteiger partial charge < -0.3 is 15.3 Å². The topological polar surface area (TPSA) is 35.5 Å². The average Bonchev–Trinajstić information content (AvgIpc) is 2.40. The van der Waals surface area contributed by atoms with E-state index in [9.17, 15) is 0 Å². The minimum Gasteiger partial charge on any atom is -0.396 e. The van der Waals surface area contributed by atoms with Crippen LogP contribution in [0.3, 0.4) is 0 Å². The van der Waals surface area contributed by atoms with Crippen molar-refractivity contribution in [2.75, 3.05) is 32.1 Å². The fraction of sp³-hybridized carbons (Fsp3) is 0.600. The summed E-state index contributed by atoms with van der Waals surface area (Å²) in [6.45, 7) is 2.64. The minimum absolute atomic E-state index is 0.270. The first kappa shape index (κ1) is 13.4. The van der Waals surface area contributed by atoms with Gasteiger partial charge in [-0.3, -0.25) is 0 Å². The van der Waals surface area contributed by atoms with Gasteiger partial charge in [-0.2, -0.15) is 0 Å². The summed E-state index contributed by atoms with van der Waals surface area (Å²) >= 11 is 0. The molecule has 0 saturated carbocycles. The van der Waals surface area contributed by atoms with Crippen LogP contribution in [0.2, 0.25) is 0 Å². The predicted octanol–water partition coefficient (Wildman–Crippen LogP) is 2.12. The Morgan fingerprint density at radius 2 is 2.11 bits per heavy atom. The second-order valence-electron chi connectivity index (χ2n) is 5.25. The number of nitrogens with one attached hydrogen (secondary N) is 1. The van der Waals surface area contributed by atoms with Crippen LogP contribution in [0.1, 0.15) is 24.8 Å². The molecule has 0 radical (unpaired) electrons. The van der Waals surface area contributed by atoms with Gasteiger partial charge >= 0.3 is 0 Å². The lowest BCUT2D eigenvalue weighted by molar-refractivity contribution is 0.264. The Morgan fingerprint density at radius 1 is 1.33 bits per heavy atom. The third kappa shape index (κ3) is 4.00. The number of likely N-dealkylation sites (tertiary alicyclic amines) is 1. The maximum atomic E-state index is 8.86. The lowest BCUT2D eigenvalue weighted by Gasteiger charge is -2.30.